The molecule has 2 aromatic rings. The van der Waals surface area contributed by atoms with Crippen LogP contribution in [0.3, 0.4) is 0 Å². The lowest BCUT2D eigenvalue weighted by Crippen LogP contribution is -2.59. The van der Waals surface area contributed by atoms with Crippen molar-refractivity contribution in [3.8, 4) is 6.07 Å². The van der Waals surface area contributed by atoms with E-state index in [4.69, 9.17) is 4.74 Å². The fourth-order valence-corrected chi connectivity index (χ4v) is 4.51. The maximum atomic E-state index is 12.6. The molecule has 2 heterocycles. The fourth-order valence-electron chi connectivity index (χ4n) is 4.51. The maximum absolute atomic E-state index is 12.6. The highest BCUT2D eigenvalue weighted by Crippen LogP contribution is 2.25. The van der Waals surface area contributed by atoms with E-state index < -0.39 is 36.4 Å². The standard InChI is InChI=1S/C26H32N4O5/c1-16-23(31)25(33)24(32)22(35-16)15-28-26(34)20(14-27)12-17-3-4-19-13-21(6-5-18(19)11-17)30-9-7-29(2)8-10-30/h3-6,11-13,16,22-25,31-33H,7-10,15H2,1-2H3,(H,28,34)/b20-12+/t16?,22-,23+,24-,25-/m1/s1. The van der Waals surface area contributed by atoms with Gasteiger partial charge in [-0.1, -0.05) is 18.2 Å². The lowest BCUT2D eigenvalue weighted by Gasteiger charge is -2.39. The highest BCUT2D eigenvalue weighted by Gasteiger charge is 2.41. The average molecular weight is 481 g/mol. The molecule has 4 rings (SSSR count). The highest BCUT2D eigenvalue weighted by molar-refractivity contribution is 6.02. The third kappa shape index (κ3) is 5.64. The van der Waals surface area contributed by atoms with Crippen molar-refractivity contribution in [1.29, 1.82) is 5.26 Å². The summed E-state index contributed by atoms with van der Waals surface area (Å²) in [6.07, 6.45) is -4.02. The first-order valence-corrected chi connectivity index (χ1v) is 11.8. The molecule has 0 radical (unpaired) electrons. The number of hydrogen-bond acceptors (Lipinski definition) is 8. The van der Waals surface area contributed by atoms with Gasteiger partial charge < -0.3 is 35.2 Å². The van der Waals surface area contributed by atoms with E-state index in [1.807, 2.05) is 24.3 Å². The lowest BCUT2D eigenvalue weighted by molar-refractivity contribution is -0.215. The molecule has 5 atom stereocenters. The van der Waals surface area contributed by atoms with Gasteiger partial charge in [0.2, 0.25) is 0 Å². The molecule has 2 saturated heterocycles. The number of amides is 1. The number of fused-ring (bicyclic) bond motifs is 1. The van der Waals surface area contributed by atoms with Crippen molar-refractivity contribution in [1.82, 2.24) is 10.2 Å². The van der Waals surface area contributed by atoms with E-state index in [0.29, 0.717) is 0 Å². The predicted molar refractivity (Wildman–Crippen MR) is 133 cm³/mol. The second-order valence-corrected chi connectivity index (χ2v) is 9.31. The van der Waals surface area contributed by atoms with Crippen molar-refractivity contribution >= 4 is 28.4 Å². The van der Waals surface area contributed by atoms with E-state index >= 15 is 0 Å². The Morgan fingerprint density at radius 3 is 2.49 bits per heavy atom. The van der Waals surface area contributed by atoms with Crippen molar-refractivity contribution in [3.05, 3.63) is 47.5 Å². The molecule has 2 aromatic carbocycles. The zero-order valence-electron chi connectivity index (χ0n) is 20.0. The number of ether oxygens (including phenoxy) is 1. The molecule has 2 aliphatic heterocycles. The number of hydrogen-bond donors (Lipinski definition) is 4. The summed E-state index contributed by atoms with van der Waals surface area (Å²) in [5.74, 6) is -0.609. The van der Waals surface area contributed by atoms with Crippen LogP contribution in [0, 0.1) is 11.3 Å². The topological polar surface area (TPSA) is 129 Å². The summed E-state index contributed by atoms with van der Waals surface area (Å²) in [4.78, 5) is 17.3. The summed E-state index contributed by atoms with van der Waals surface area (Å²) in [7, 11) is 2.13. The second kappa shape index (κ2) is 10.7. The zero-order chi connectivity index (χ0) is 25.1. The first kappa shape index (κ1) is 25.1. The number of nitrogens with zero attached hydrogens (tertiary/aromatic N) is 3. The number of anilines is 1. The molecule has 1 amide bonds. The van der Waals surface area contributed by atoms with Crippen LogP contribution in [-0.2, 0) is 9.53 Å². The van der Waals surface area contributed by atoms with Gasteiger partial charge in [-0.3, -0.25) is 4.79 Å². The first-order valence-electron chi connectivity index (χ1n) is 11.8. The van der Waals surface area contributed by atoms with Crippen LogP contribution in [0.4, 0.5) is 5.69 Å². The Hall–Kier alpha value is -3.00. The van der Waals surface area contributed by atoms with Crippen LogP contribution in [0.15, 0.2) is 42.0 Å². The monoisotopic (exact) mass is 480 g/mol. The van der Waals surface area contributed by atoms with Gasteiger partial charge in [-0.05, 0) is 54.6 Å². The number of piperazine rings is 1. The predicted octanol–water partition coefficient (Wildman–Crippen LogP) is 0.485. The van der Waals surface area contributed by atoms with Crippen molar-refractivity contribution in [2.45, 2.75) is 37.4 Å². The van der Waals surface area contributed by atoms with Crippen LogP contribution in [-0.4, -0.2) is 96.4 Å². The van der Waals surface area contributed by atoms with E-state index in [9.17, 15) is 25.4 Å². The van der Waals surface area contributed by atoms with Gasteiger partial charge in [-0.15, -0.1) is 0 Å². The Labute approximate surface area is 204 Å². The molecule has 4 N–H and O–H groups in total. The van der Waals surface area contributed by atoms with Gasteiger partial charge in [-0.25, -0.2) is 0 Å². The molecule has 9 heteroatoms. The number of carbonyl (C=O) groups is 1. The van der Waals surface area contributed by atoms with E-state index in [-0.39, 0.29) is 12.1 Å². The van der Waals surface area contributed by atoms with Crippen LogP contribution in [0.25, 0.3) is 16.8 Å². The summed E-state index contributed by atoms with van der Waals surface area (Å²) >= 11 is 0. The number of nitrogens with one attached hydrogen (secondary N) is 1. The number of rotatable bonds is 5. The first-order chi connectivity index (χ1) is 16.8. The molecule has 1 unspecified atom stereocenters. The van der Waals surface area contributed by atoms with E-state index in [0.717, 1.165) is 42.5 Å². The van der Waals surface area contributed by atoms with Gasteiger partial charge in [0.25, 0.3) is 5.91 Å². The largest absolute Gasteiger partial charge is 0.388 e. The molecule has 2 fully saturated rings. The van der Waals surface area contributed by atoms with Crippen molar-refractivity contribution in [2.24, 2.45) is 0 Å². The summed E-state index contributed by atoms with van der Waals surface area (Å²) in [5.41, 5.74) is 1.82. The van der Waals surface area contributed by atoms with Crippen LogP contribution < -0.4 is 10.2 Å². The van der Waals surface area contributed by atoms with Crippen LogP contribution in [0.2, 0.25) is 0 Å². The Kier molecular flexibility index (Phi) is 7.69. The quantitative estimate of drug-likeness (QED) is 0.359. The summed E-state index contributed by atoms with van der Waals surface area (Å²) in [5, 5.41) is 44.0. The molecule has 9 nitrogen and oxygen atoms in total. The normalized spacial score (nSPS) is 28.1. The van der Waals surface area contributed by atoms with Gasteiger partial charge in [0, 0.05) is 38.4 Å². The molecule has 186 valence electrons. The third-order valence-electron chi connectivity index (χ3n) is 6.81. The molecule has 0 bridgehead atoms. The van der Waals surface area contributed by atoms with Crippen LogP contribution >= 0.6 is 0 Å². The number of nitriles is 1. The van der Waals surface area contributed by atoms with E-state index in [2.05, 4.69) is 40.4 Å². The van der Waals surface area contributed by atoms with Gasteiger partial charge in [0.05, 0.1) is 6.10 Å². The fraction of sp³-hybridized carbons (Fsp3) is 0.462. The van der Waals surface area contributed by atoms with Gasteiger partial charge in [0.15, 0.2) is 0 Å². The molecule has 0 aliphatic carbocycles. The minimum Gasteiger partial charge on any atom is -0.388 e. The third-order valence-corrected chi connectivity index (χ3v) is 6.81. The molecule has 35 heavy (non-hydrogen) atoms. The minimum absolute atomic E-state index is 0.0858. The molecular weight excluding hydrogens is 448 g/mol. The minimum atomic E-state index is -1.37. The highest BCUT2D eigenvalue weighted by atomic mass is 16.5. The Morgan fingerprint density at radius 2 is 1.77 bits per heavy atom. The Balaban J connectivity index is 1.43. The van der Waals surface area contributed by atoms with E-state index in [1.54, 1.807) is 6.92 Å². The number of benzene rings is 2. The Bertz CT molecular complexity index is 1140. The number of carbonyl (C=O) groups excluding carboxylic acids is 1. The molecule has 0 saturated carbocycles. The average Bonchev–Trinajstić information content (AvgIpc) is 2.87. The summed E-state index contributed by atoms with van der Waals surface area (Å²) in [6.45, 7) is 5.51. The zero-order valence-corrected chi connectivity index (χ0v) is 20.0. The van der Waals surface area contributed by atoms with Gasteiger partial charge in [0.1, 0.15) is 36.1 Å². The summed E-state index contributed by atoms with van der Waals surface area (Å²) in [6, 6.07) is 14.0. The molecule has 0 spiro atoms. The lowest BCUT2D eigenvalue weighted by atomic mass is 9.95. The summed E-state index contributed by atoms with van der Waals surface area (Å²) < 4.78 is 5.49. The van der Waals surface area contributed by atoms with Crippen LogP contribution in [0.5, 0.6) is 0 Å². The van der Waals surface area contributed by atoms with Crippen molar-refractivity contribution < 1.29 is 24.9 Å². The molecule has 0 aromatic heterocycles. The van der Waals surface area contributed by atoms with Crippen LogP contribution in [0.1, 0.15) is 12.5 Å². The number of aliphatic hydroxyl groups excluding tert-OH is 3. The SMILES string of the molecule is CC1O[C@H](CNC(=O)/C(C#N)=C/c2ccc3cc(N4CCN(C)CC4)ccc3c2)[C@@H](O)[C@H](O)[C@H]1O. The van der Waals surface area contributed by atoms with Gasteiger partial charge in [-0.2, -0.15) is 5.26 Å². The van der Waals surface area contributed by atoms with E-state index in [1.165, 1.54) is 11.8 Å². The van der Waals surface area contributed by atoms with Gasteiger partial charge >= 0.3 is 0 Å². The molecule has 2 aliphatic rings. The second-order valence-electron chi connectivity index (χ2n) is 9.31. The maximum Gasteiger partial charge on any atom is 0.262 e. The van der Waals surface area contributed by atoms with Crippen molar-refractivity contribution in [2.75, 3.05) is 44.7 Å². The van der Waals surface area contributed by atoms with Crippen molar-refractivity contribution in [3.63, 3.8) is 0 Å². The smallest absolute Gasteiger partial charge is 0.262 e. The molecular formula is C26H32N4O5. The number of likely N-dealkylation sites (N-methyl/N-ethyl adjacent to an activating group) is 1. The number of aliphatic hydroxyl groups is 3. The Morgan fingerprint density at radius 1 is 1.09 bits per heavy atom.